The van der Waals surface area contributed by atoms with Crippen LogP contribution in [0.3, 0.4) is 0 Å². The number of rotatable bonds is 2. The van der Waals surface area contributed by atoms with Gasteiger partial charge in [0.05, 0.1) is 0 Å². The van der Waals surface area contributed by atoms with Crippen LogP contribution < -0.4 is 5.32 Å². The molecule has 0 aliphatic carbocycles. The van der Waals surface area contributed by atoms with Crippen LogP contribution in [0.15, 0.2) is 24.3 Å². The van der Waals surface area contributed by atoms with Crippen molar-refractivity contribution in [1.82, 2.24) is 10.2 Å². The van der Waals surface area contributed by atoms with Crippen LogP contribution in [0, 0.1) is 0 Å². The van der Waals surface area contributed by atoms with E-state index in [9.17, 15) is 4.79 Å². The first kappa shape index (κ1) is 11.1. The van der Waals surface area contributed by atoms with Gasteiger partial charge in [0.2, 0.25) is 5.91 Å². The van der Waals surface area contributed by atoms with E-state index in [2.05, 4.69) is 41.5 Å². The van der Waals surface area contributed by atoms with Crippen LogP contribution in [-0.4, -0.2) is 30.4 Å². The Labute approximate surface area is 96.5 Å². The van der Waals surface area contributed by atoms with E-state index in [1.165, 1.54) is 11.1 Å². The highest BCUT2D eigenvalue weighted by atomic mass is 16.1. The highest BCUT2D eigenvalue weighted by molar-refractivity contribution is 5.72. The maximum Gasteiger partial charge on any atom is 0.216 e. The monoisotopic (exact) mass is 218 g/mol. The molecule has 1 heterocycles. The van der Waals surface area contributed by atoms with Gasteiger partial charge in [0, 0.05) is 26.1 Å². The topological polar surface area (TPSA) is 32.3 Å². The van der Waals surface area contributed by atoms with Crippen LogP contribution in [0.1, 0.15) is 18.1 Å². The molecule has 1 unspecified atom stereocenters. The zero-order valence-corrected chi connectivity index (χ0v) is 9.86. The number of hydrogen-bond donors (Lipinski definition) is 1. The third-order valence-electron chi connectivity index (χ3n) is 3.20. The third-order valence-corrected chi connectivity index (χ3v) is 3.20. The fourth-order valence-electron chi connectivity index (χ4n) is 2.21. The van der Waals surface area contributed by atoms with Gasteiger partial charge in [-0.2, -0.15) is 0 Å². The zero-order chi connectivity index (χ0) is 11.5. The molecule has 0 aromatic heterocycles. The van der Waals surface area contributed by atoms with Gasteiger partial charge in [-0.3, -0.25) is 9.69 Å². The van der Waals surface area contributed by atoms with Crippen LogP contribution >= 0.6 is 0 Å². The molecule has 1 amide bonds. The van der Waals surface area contributed by atoms with Crippen molar-refractivity contribution >= 4 is 5.91 Å². The molecule has 3 heteroatoms. The molecule has 0 saturated carbocycles. The summed E-state index contributed by atoms with van der Waals surface area (Å²) in [5.41, 5.74) is 2.82. The molecule has 0 bridgehead atoms. The summed E-state index contributed by atoms with van der Waals surface area (Å²) in [5.74, 6) is 0.0484. The Kier molecular flexibility index (Phi) is 3.25. The predicted molar refractivity (Wildman–Crippen MR) is 64.1 cm³/mol. The highest BCUT2D eigenvalue weighted by Gasteiger charge is 2.22. The molecule has 1 aliphatic rings. The van der Waals surface area contributed by atoms with Crippen LogP contribution in [0.2, 0.25) is 0 Å². The Bertz CT molecular complexity index is 389. The Hall–Kier alpha value is -1.35. The number of nitrogens with one attached hydrogen (secondary N) is 1. The first-order chi connectivity index (χ1) is 7.66. The van der Waals surface area contributed by atoms with E-state index in [0.717, 1.165) is 19.5 Å². The van der Waals surface area contributed by atoms with Gasteiger partial charge in [-0.15, -0.1) is 0 Å². The normalized spacial score (nSPS) is 20.2. The quantitative estimate of drug-likeness (QED) is 0.808. The number of likely N-dealkylation sites (N-methyl/N-ethyl adjacent to an activating group) is 1. The van der Waals surface area contributed by atoms with Crippen molar-refractivity contribution in [2.24, 2.45) is 0 Å². The number of fused-ring (bicyclic) bond motifs is 1. The van der Waals surface area contributed by atoms with Crippen molar-refractivity contribution in [3.63, 3.8) is 0 Å². The fourth-order valence-corrected chi connectivity index (χ4v) is 2.21. The lowest BCUT2D eigenvalue weighted by Gasteiger charge is -2.34. The standard InChI is InChI=1S/C13H18N2O/c1-10(16)14-8-13-7-11-5-3-4-6-12(11)9-15(13)2/h3-6,13H,7-9H2,1-2H3,(H,14,16). The van der Waals surface area contributed by atoms with E-state index in [-0.39, 0.29) is 5.91 Å². The lowest BCUT2D eigenvalue weighted by molar-refractivity contribution is -0.119. The molecule has 1 aromatic rings. The number of carbonyl (C=O) groups is 1. The van der Waals surface area contributed by atoms with Crippen molar-refractivity contribution in [2.45, 2.75) is 25.9 Å². The van der Waals surface area contributed by atoms with Gasteiger partial charge in [-0.25, -0.2) is 0 Å². The van der Waals surface area contributed by atoms with E-state index in [1.54, 1.807) is 6.92 Å². The van der Waals surface area contributed by atoms with Crippen molar-refractivity contribution < 1.29 is 4.79 Å². The molecule has 0 spiro atoms. The molecule has 1 N–H and O–H groups in total. The third kappa shape index (κ3) is 2.42. The number of amides is 1. The van der Waals surface area contributed by atoms with Gasteiger partial charge in [0.15, 0.2) is 0 Å². The average Bonchev–Trinajstić information content (AvgIpc) is 2.26. The molecule has 1 aliphatic heterocycles. The Morgan fingerprint density at radius 3 is 2.81 bits per heavy atom. The van der Waals surface area contributed by atoms with Gasteiger partial charge in [0.1, 0.15) is 0 Å². The Balaban J connectivity index is 2.06. The van der Waals surface area contributed by atoms with Crippen LogP contribution in [0.4, 0.5) is 0 Å². The molecule has 2 rings (SSSR count). The van der Waals surface area contributed by atoms with Crippen molar-refractivity contribution in [1.29, 1.82) is 0 Å². The summed E-state index contributed by atoms with van der Waals surface area (Å²) < 4.78 is 0. The Morgan fingerprint density at radius 1 is 1.44 bits per heavy atom. The fraction of sp³-hybridized carbons (Fsp3) is 0.462. The van der Waals surface area contributed by atoms with Crippen LogP contribution in [0.25, 0.3) is 0 Å². The molecular weight excluding hydrogens is 200 g/mol. The second-order valence-electron chi connectivity index (χ2n) is 4.48. The summed E-state index contributed by atoms with van der Waals surface area (Å²) in [6.07, 6.45) is 1.02. The number of carbonyl (C=O) groups excluding carboxylic acids is 1. The maximum absolute atomic E-state index is 10.9. The molecule has 3 nitrogen and oxygen atoms in total. The SMILES string of the molecule is CC(=O)NCC1Cc2ccccc2CN1C. The van der Waals surface area contributed by atoms with E-state index in [1.807, 2.05) is 0 Å². The summed E-state index contributed by atoms with van der Waals surface area (Å²) in [7, 11) is 2.11. The molecular formula is C13H18N2O. The van der Waals surface area contributed by atoms with Gasteiger partial charge in [0.25, 0.3) is 0 Å². The largest absolute Gasteiger partial charge is 0.355 e. The van der Waals surface area contributed by atoms with Crippen molar-refractivity contribution in [2.75, 3.05) is 13.6 Å². The summed E-state index contributed by atoms with van der Waals surface area (Å²) in [6, 6.07) is 8.95. The minimum absolute atomic E-state index is 0.0484. The van der Waals surface area contributed by atoms with Gasteiger partial charge < -0.3 is 5.32 Å². The number of hydrogen-bond acceptors (Lipinski definition) is 2. The number of benzene rings is 1. The van der Waals surface area contributed by atoms with Gasteiger partial charge in [-0.05, 0) is 24.6 Å². The smallest absolute Gasteiger partial charge is 0.216 e. The minimum Gasteiger partial charge on any atom is -0.355 e. The predicted octanol–water partition coefficient (Wildman–Crippen LogP) is 1.18. The van der Waals surface area contributed by atoms with Gasteiger partial charge in [-0.1, -0.05) is 24.3 Å². The van der Waals surface area contributed by atoms with E-state index in [0.29, 0.717) is 6.04 Å². The second kappa shape index (κ2) is 4.66. The molecule has 1 atom stereocenters. The average molecular weight is 218 g/mol. The van der Waals surface area contributed by atoms with Crippen LogP contribution in [-0.2, 0) is 17.8 Å². The van der Waals surface area contributed by atoms with Crippen molar-refractivity contribution in [3.8, 4) is 0 Å². The second-order valence-corrected chi connectivity index (χ2v) is 4.48. The van der Waals surface area contributed by atoms with E-state index < -0.39 is 0 Å². The van der Waals surface area contributed by atoms with Gasteiger partial charge >= 0.3 is 0 Å². The molecule has 0 fully saturated rings. The van der Waals surface area contributed by atoms with E-state index >= 15 is 0 Å². The molecule has 0 saturated heterocycles. The highest BCUT2D eigenvalue weighted by Crippen LogP contribution is 2.21. The lowest BCUT2D eigenvalue weighted by Crippen LogP contribution is -2.45. The molecule has 16 heavy (non-hydrogen) atoms. The summed E-state index contributed by atoms with van der Waals surface area (Å²) in [5, 5.41) is 2.90. The first-order valence-electron chi connectivity index (χ1n) is 5.68. The van der Waals surface area contributed by atoms with Crippen molar-refractivity contribution in [3.05, 3.63) is 35.4 Å². The maximum atomic E-state index is 10.9. The summed E-state index contributed by atoms with van der Waals surface area (Å²) in [4.78, 5) is 13.2. The number of nitrogens with zero attached hydrogens (tertiary/aromatic N) is 1. The molecule has 1 aromatic carbocycles. The minimum atomic E-state index is 0.0484. The molecule has 86 valence electrons. The summed E-state index contributed by atoms with van der Waals surface area (Å²) >= 11 is 0. The first-order valence-corrected chi connectivity index (χ1v) is 5.68. The van der Waals surface area contributed by atoms with Crippen LogP contribution in [0.5, 0.6) is 0 Å². The zero-order valence-electron chi connectivity index (χ0n) is 9.86. The summed E-state index contributed by atoms with van der Waals surface area (Å²) in [6.45, 7) is 3.28. The van der Waals surface area contributed by atoms with E-state index in [4.69, 9.17) is 0 Å². The Morgan fingerprint density at radius 2 is 2.12 bits per heavy atom. The lowest BCUT2D eigenvalue weighted by atomic mass is 9.94. The molecule has 0 radical (unpaired) electrons.